The number of benzene rings is 1. The largest absolute Gasteiger partial charge is 0.351 e. The summed E-state index contributed by atoms with van der Waals surface area (Å²) in [6, 6.07) is 5.83. The summed E-state index contributed by atoms with van der Waals surface area (Å²) in [6.45, 7) is 0.394. The summed E-state index contributed by atoms with van der Waals surface area (Å²) in [7, 11) is -3.70. The molecule has 7 heteroatoms. The first kappa shape index (κ1) is 18.9. The van der Waals surface area contributed by atoms with Gasteiger partial charge in [-0.15, -0.1) is 0 Å². The average molecular weight is 423 g/mol. The van der Waals surface area contributed by atoms with Gasteiger partial charge in [0.1, 0.15) is 6.04 Å². The van der Waals surface area contributed by atoms with Crippen molar-refractivity contribution in [2.75, 3.05) is 6.54 Å². The average Bonchev–Trinajstić information content (AvgIpc) is 3.15. The topological polar surface area (TPSA) is 66.5 Å². The fraction of sp³-hybridized carbons (Fsp3) is 0.667. The molecule has 5 nitrogen and oxygen atoms in total. The zero-order valence-corrected chi connectivity index (χ0v) is 17.5. The maximum Gasteiger partial charge on any atom is 0.243 e. The number of carbonyl (C=O) groups is 1. The van der Waals surface area contributed by atoms with Crippen molar-refractivity contribution in [1.29, 1.82) is 0 Å². The first-order valence-corrected chi connectivity index (χ1v) is 12.3. The predicted molar refractivity (Wildman–Crippen MR) is 107 cm³/mol. The highest BCUT2D eigenvalue weighted by Crippen LogP contribution is 2.53. The van der Waals surface area contributed by atoms with Crippen molar-refractivity contribution < 1.29 is 13.2 Å². The Morgan fingerprint density at radius 3 is 2.21 bits per heavy atom. The van der Waals surface area contributed by atoms with Gasteiger partial charge in [-0.3, -0.25) is 4.79 Å². The van der Waals surface area contributed by atoms with Crippen molar-refractivity contribution in [3.63, 3.8) is 0 Å². The van der Waals surface area contributed by atoms with Gasteiger partial charge in [-0.2, -0.15) is 4.31 Å². The molecule has 1 aromatic carbocycles. The molecule has 0 radical (unpaired) electrons. The monoisotopic (exact) mass is 422 g/mol. The third kappa shape index (κ3) is 3.17. The van der Waals surface area contributed by atoms with E-state index >= 15 is 0 Å². The lowest BCUT2D eigenvalue weighted by Gasteiger charge is -2.54. The normalized spacial score (nSPS) is 37.3. The Hall–Kier alpha value is -1.11. The lowest BCUT2D eigenvalue weighted by atomic mass is 9.54. The second kappa shape index (κ2) is 6.99. The first-order valence-electron chi connectivity index (χ1n) is 10.5. The van der Waals surface area contributed by atoms with Gasteiger partial charge < -0.3 is 5.32 Å². The van der Waals surface area contributed by atoms with Crippen LogP contribution in [0.5, 0.6) is 0 Å². The number of carbonyl (C=O) groups excluding carboxylic acids is 1. The molecule has 1 heterocycles. The van der Waals surface area contributed by atoms with Crippen LogP contribution in [0.15, 0.2) is 29.2 Å². The molecule has 1 aliphatic heterocycles. The van der Waals surface area contributed by atoms with Crippen molar-refractivity contribution >= 4 is 27.5 Å². The van der Waals surface area contributed by atoms with Gasteiger partial charge in [0.25, 0.3) is 0 Å². The standard InChI is InChI=1S/C21H27ClN2O3S/c22-17-3-5-18(6-4-17)28(26,27)24-7-1-2-19(24)21(25)23-20-15-9-13-8-14(11-15)12-16(20)10-13/h3-6,13-16,19-20H,1-2,7-12H2,(H,23,25)/t13?,14?,15?,16?,19-,20?/m1/s1. The molecule has 4 saturated carbocycles. The van der Waals surface area contributed by atoms with E-state index in [0.717, 1.165) is 11.8 Å². The Balaban J connectivity index is 1.32. The molecule has 1 N–H and O–H groups in total. The summed E-state index contributed by atoms with van der Waals surface area (Å²) in [5, 5.41) is 3.80. The first-order chi connectivity index (χ1) is 13.4. The molecule has 4 aliphatic carbocycles. The number of hydrogen-bond acceptors (Lipinski definition) is 3. The third-order valence-corrected chi connectivity index (χ3v) is 9.64. The van der Waals surface area contributed by atoms with Crippen LogP contribution in [0.4, 0.5) is 0 Å². The molecule has 1 atom stereocenters. The van der Waals surface area contributed by atoms with Crippen LogP contribution in [0.25, 0.3) is 0 Å². The van der Waals surface area contributed by atoms with Gasteiger partial charge in [-0.05, 0) is 92.9 Å². The van der Waals surface area contributed by atoms with Crippen molar-refractivity contribution in [2.24, 2.45) is 23.7 Å². The number of halogens is 1. The van der Waals surface area contributed by atoms with Gasteiger partial charge in [0.15, 0.2) is 0 Å². The third-order valence-electron chi connectivity index (χ3n) is 7.46. The lowest BCUT2D eigenvalue weighted by Crippen LogP contribution is -2.58. The molecule has 6 rings (SSSR count). The second-order valence-corrected chi connectivity index (χ2v) is 11.5. The van der Waals surface area contributed by atoms with Crippen LogP contribution < -0.4 is 5.32 Å². The molecule has 0 spiro atoms. The van der Waals surface area contributed by atoms with Gasteiger partial charge in [0.2, 0.25) is 15.9 Å². The Morgan fingerprint density at radius 2 is 1.61 bits per heavy atom. The minimum atomic E-state index is -3.70. The number of rotatable bonds is 4. The highest BCUT2D eigenvalue weighted by atomic mass is 35.5. The predicted octanol–water partition coefficient (Wildman–Crippen LogP) is 3.43. The summed E-state index contributed by atoms with van der Waals surface area (Å²) < 4.78 is 27.6. The fourth-order valence-corrected chi connectivity index (χ4v) is 8.24. The summed E-state index contributed by atoms with van der Waals surface area (Å²) in [6.07, 6.45) is 7.61. The molecular formula is C21H27ClN2O3S. The molecule has 5 fully saturated rings. The Kier molecular flexibility index (Phi) is 4.72. The van der Waals surface area contributed by atoms with Crippen LogP contribution in [-0.2, 0) is 14.8 Å². The van der Waals surface area contributed by atoms with Crippen molar-refractivity contribution in [2.45, 2.75) is 61.9 Å². The molecule has 152 valence electrons. The molecule has 4 bridgehead atoms. The van der Waals surface area contributed by atoms with Crippen molar-refractivity contribution in [1.82, 2.24) is 9.62 Å². The molecule has 1 amide bonds. The highest BCUT2D eigenvalue weighted by Gasteiger charge is 2.49. The molecule has 1 saturated heterocycles. The van der Waals surface area contributed by atoms with E-state index in [2.05, 4.69) is 5.32 Å². The number of nitrogens with zero attached hydrogens (tertiary/aromatic N) is 1. The summed E-state index contributed by atoms with van der Waals surface area (Å²) in [5.74, 6) is 2.77. The van der Waals surface area contributed by atoms with Crippen molar-refractivity contribution in [3.05, 3.63) is 29.3 Å². The van der Waals surface area contributed by atoms with Gasteiger partial charge in [-0.1, -0.05) is 11.6 Å². The van der Waals surface area contributed by atoms with E-state index in [1.165, 1.54) is 48.5 Å². The van der Waals surface area contributed by atoms with E-state index in [1.807, 2.05) is 0 Å². The zero-order valence-electron chi connectivity index (χ0n) is 15.9. The van der Waals surface area contributed by atoms with Crippen LogP contribution >= 0.6 is 11.6 Å². The minimum absolute atomic E-state index is 0.104. The molecule has 0 aromatic heterocycles. The maximum absolute atomic E-state index is 13.1. The van der Waals surface area contributed by atoms with Gasteiger partial charge >= 0.3 is 0 Å². The van der Waals surface area contributed by atoms with Crippen LogP contribution in [-0.4, -0.2) is 37.3 Å². The van der Waals surface area contributed by atoms with E-state index in [-0.39, 0.29) is 16.8 Å². The zero-order chi connectivity index (χ0) is 19.5. The van der Waals surface area contributed by atoms with Crippen molar-refractivity contribution in [3.8, 4) is 0 Å². The SMILES string of the molecule is O=C(NC1C2CC3CC(C2)CC1C3)[C@H]1CCCN1S(=O)(=O)c1ccc(Cl)cc1. The molecule has 5 aliphatic rings. The highest BCUT2D eigenvalue weighted by molar-refractivity contribution is 7.89. The quantitative estimate of drug-likeness (QED) is 0.808. The summed E-state index contributed by atoms with van der Waals surface area (Å²) in [5.41, 5.74) is 0. The molecule has 0 unspecified atom stereocenters. The van der Waals surface area contributed by atoms with Gasteiger partial charge in [0, 0.05) is 17.6 Å². The van der Waals surface area contributed by atoms with Gasteiger partial charge in [0.05, 0.1) is 4.90 Å². The number of hydrogen-bond donors (Lipinski definition) is 1. The Bertz CT molecular complexity index is 842. The van der Waals surface area contributed by atoms with Gasteiger partial charge in [-0.25, -0.2) is 8.42 Å². The maximum atomic E-state index is 13.1. The Morgan fingerprint density at radius 1 is 1.00 bits per heavy atom. The molecular weight excluding hydrogens is 396 g/mol. The number of sulfonamides is 1. The van der Waals surface area contributed by atoms with E-state index < -0.39 is 16.1 Å². The van der Waals surface area contributed by atoms with Crippen LogP contribution in [0.2, 0.25) is 5.02 Å². The summed E-state index contributed by atoms with van der Waals surface area (Å²) in [4.78, 5) is 13.3. The van der Waals surface area contributed by atoms with E-state index in [9.17, 15) is 13.2 Å². The van der Waals surface area contributed by atoms with E-state index in [4.69, 9.17) is 11.6 Å². The van der Waals surface area contributed by atoms with E-state index in [1.54, 1.807) is 12.1 Å². The van der Waals surface area contributed by atoms with Crippen LogP contribution in [0, 0.1) is 23.7 Å². The lowest BCUT2D eigenvalue weighted by molar-refractivity contribution is -0.128. The summed E-state index contributed by atoms with van der Waals surface area (Å²) >= 11 is 5.90. The Labute approximate surface area is 171 Å². The van der Waals surface area contributed by atoms with Crippen LogP contribution in [0.1, 0.15) is 44.9 Å². The van der Waals surface area contributed by atoms with Crippen LogP contribution in [0.3, 0.4) is 0 Å². The second-order valence-electron chi connectivity index (χ2n) is 9.19. The molecule has 1 aromatic rings. The van der Waals surface area contributed by atoms with E-state index in [0.29, 0.717) is 36.2 Å². The number of amides is 1. The number of nitrogens with one attached hydrogen (secondary N) is 1. The molecule has 28 heavy (non-hydrogen) atoms. The fourth-order valence-electron chi connectivity index (χ4n) is 6.45. The smallest absolute Gasteiger partial charge is 0.243 e. The minimum Gasteiger partial charge on any atom is -0.351 e.